The molecule has 1 fully saturated rings. The fraction of sp³-hybridized carbons (Fsp3) is 0.423. The van der Waals surface area contributed by atoms with E-state index in [0.717, 1.165) is 35.1 Å². The first-order valence-electron chi connectivity index (χ1n) is 12.3. The van der Waals surface area contributed by atoms with Crippen LogP contribution in [0.1, 0.15) is 30.5 Å². The largest absolute Gasteiger partial charge is 0.416 e. The number of benzene rings is 2. The van der Waals surface area contributed by atoms with Gasteiger partial charge in [0.2, 0.25) is 0 Å². The zero-order valence-electron chi connectivity index (χ0n) is 21.3. The van der Waals surface area contributed by atoms with Crippen molar-refractivity contribution in [3.8, 4) is 11.3 Å². The summed E-state index contributed by atoms with van der Waals surface area (Å²) in [5.41, 5.74) is -0.940. The van der Waals surface area contributed by atoms with E-state index < -0.39 is 78.1 Å². The summed E-state index contributed by atoms with van der Waals surface area (Å²) in [7, 11) is 0. The van der Waals surface area contributed by atoms with Gasteiger partial charge in [-0.25, -0.2) is 17.9 Å². The average Bonchev–Trinajstić information content (AvgIpc) is 3.42. The molecule has 2 unspecified atom stereocenters. The van der Waals surface area contributed by atoms with Crippen molar-refractivity contribution in [3.63, 3.8) is 0 Å². The summed E-state index contributed by atoms with van der Waals surface area (Å²) in [5, 5.41) is 39.5. The summed E-state index contributed by atoms with van der Waals surface area (Å²) in [6, 6.07) is 3.95. The standard InChI is InChI=1S/C26H25F6N3O6/c1-2-18(37)24(40-11-12-3-5-14(6-4-12)26(30,31)32)25-23(39)21(22(38)19(10-36)41-25)35-9-17(33-34-35)13-7-15(27)20(29)16(28)8-13/h3-9,19,21-25,36,38-39H,2,10-11H2,1H3/t19?,21-,22-,23?,24+,25+/m0/s1. The molecule has 0 aliphatic carbocycles. The Morgan fingerprint density at radius 1 is 1.10 bits per heavy atom. The molecular weight excluding hydrogens is 564 g/mol. The number of halogens is 6. The number of hydrogen-bond acceptors (Lipinski definition) is 8. The van der Waals surface area contributed by atoms with Gasteiger partial charge in [0.05, 0.1) is 25.0 Å². The van der Waals surface area contributed by atoms with Gasteiger partial charge in [0, 0.05) is 12.0 Å². The average molecular weight is 589 g/mol. The molecule has 0 spiro atoms. The highest BCUT2D eigenvalue weighted by atomic mass is 19.4. The van der Waals surface area contributed by atoms with Crippen molar-refractivity contribution in [3.05, 3.63) is 71.2 Å². The Bertz CT molecular complexity index is 1350. The minimum Gasteiger partial charge on any atom is -0.394 e. The van der Waals surface area contributed by atoms with Crippen molar-refractivity contribution in [2.75, 3.05) is 6.61 Å². The van der Waals surface area contributed by atoms with E-state index in [1.807, 2.05) is 0 Å². The maximum absolute atomic E-state index is 13.7. The molecule has 2 heterocycles. The van der Waals surface area contributed by atoms with Crippen LogP contribution >= 0.6 is 0 Å². The molecule has 3 N–H and O–H groups in total. The second-order valence-corrected chi connectivity index (χ2v) is 9.38. The van der Waals surface area contributed by atoms with E-state index in [1.54, 1.807) is 0 Å². The number of rotatable bonds is 9. The van der Waals surface area contributed by atoms with E-state index in [-0.39, 0.29) is 29.8 Å². The van der Waals surface area contributed by atoms with Crippen molar-refractivity contribution in [2.45, 2.75) is 62.7 Å². The van der Waals surface area contributed by atoms with Gasteiger partial charge < -0.3 is 24.8 Å². The Balaban J connectivity index is 1.61. The maximum Gasteiger partial charge on any atom is 0.416 e. The highest BCUT2D eigenvalue weighted by Crippen LogP contribution is 2.34. The van der Waals surface area contributed by atoms with Crippen molar-refractivity contribution in [2.24, 2.45) is 0 Å². The fourth-order valence-electron chi connectivity index (χ4n) is 4.50. The summed E-state index contributed by atoms with van der Waals surface area (Å²) < 4.78 is 91.8. The SMILES string of the molecule is CCC(=O)[C@@H](OCc1ccc(C(F)(F)F)cc1)[C@@H]1OC(CO)[C@H](O)[C@H](n2cc(-c3cc(F)c(F)c(F)c3)nn2)C1O. The Morgan fingerprint density at radius 3 is 2.29 bits per heavy atom. The van der Waals surface area contributed by atoms with Crippen LogP contribution in [0.25, 0.3) is 11.3 Å². The van der Waals surface area contributed by atoms with Crippen LogP contribution in [0.4, 0.5) is 26.3 Å². The molecule has 1 aliphatic heterocycles. The molecule has 9 nitrogen and oxygen atoms in total. The van der Waals surface area contributed by atoms with Gasteiger partial charge in [-0.15, -0.1) is 5.10 Å². The third-order valence-electron chi connectivity index (χ3n) is 6.70. The van der Waals surface area contributed by atoms with Gasteiger partial charge in [-0.3, -0.25) is 4.79 Å². The van der Waals surface area contributed by atoms with E-state index in [4.69, 9.17) is 9.47 Å². The van der Waals surface area contributed by atoms with Crippen molar-refractivity contribution >= 4 is 5.78 Å². The highest BCUT2D eigenvalue weighted by molar-refractivity contribution is 5.83. The van der Waals surface area contributed by atoms with Gasteiger partial charge >= 0.3 is 6.18 Å². The Kier molecular flexibility index (Phi) is 9.13. The van der Waals surface area contributed by atoms with Crippen LogP contribution in [0.3, 0.4) is 0 Å². The normalized spacial score (nSPS) is 23.9. The van der Waals surface area contributed by atoms with Gasteiger partial charge in [0.15, 0.2) is 23.2 Å². The van der Waals surface area contributed by atoms with Gasteiger partial charge in [-0.1, -0.05) is 24.3 Å². The lowest BCUT2D eigenvalue weighted by molar-refractivity contribution is -0.234. The summed E-state index contributed by atoms with van der Waals surface area (Å²) in [5.74, 6) is -5.20. The molecule has 41 heavy (non-hydrogen) atoms. The van der Waals surface area contributed by atoms with E-state index in [2.05, 4.69) is 10.3 Å². The summed E-state index contributed by atoms with van der Waals surface area (Å²) >= 11 is 0. The third-order valence-corrected chi connectivity index (χ3v) is 6.70. The number of Topliss-reactive ketones (excluding diaryl/α,β-unsaturated/α-hetero) is 1. The van der Waals surface area contributed by atoms with Crippen LogP contribution in [0.5, 0.6) is 0 Å². The number of carbonyl (C=O) groups excluding carboxylic acids is 1. The van der Waals surface area contributed by atoms with E-state index in [0.29, 0.717) is 12.1 Å². The molecule has 15 heteroatoms. The lowest BCUT2D eigenvalue weighted by Crippen LogP contribution is -2.60. The van der Waals surface area contributed by atoms with Gasteiger partial charge in [0.1, 0.15) is 42.3 Å². The quantitative estimate of drug-likeness (QED) is 0.257. The predicted octanol–water partition coefficient (Wildman–Crippen LogP) is 2.97. The highest BCUT2D eigenvalue weighted by Gasteiger charge is 2.50. The monoisotopic (exact) mass is 589 g/mol. The van der Waals surface area contributed by atoms with Crippen LogP contribution in [0.15, 0.2) is 42.6 Å². The number of aromatic nitrogens is 3. The van der Waals surface area contributed by atoms with Crippen molar-refractivity contribution < 1.29 is 55.9 Å². The predicted molar refractivity (Wildman–Crippen MR) is 127 cm³/mol. The number of carbonyl (C=O) groups is 1. The molecule has 0 saturated carbocycles. The zero-order chi connectivity index (χ0) is 30.1. The number of aliphatic hydroxyl groups is 3. The van der Waals surface area contributed by atoms with Crippen LogP contribution < -0.4 is 0 Å². The van der Waals surface area contributed by atoms with Crippen LogP contribution in [-0.2, 0) is 27.1 Å². The molecule has 1 saturated heterocycles. The maximum atomic E-state index is 13.7. The Hall–Kier alpha value is -3.37. The second kappa shape index (κ2) is 12.2. The molecule has 0 bridgehead atoms. The molecule has 222 valence electrons. The number of nitrogens with zero attached hydrogens (tertiary/aromatic N) is 3. The topological polar surface area (TPSA) is 127 Å². The third kappa shape index (κ3) is 6.43. The van der Waals surface area contributed by atoms with Crippen LogP contribution in [0.2, 0.25) is 0 Å². The minimum absolute atomic E-state index is 0.0869. The van der Waals surface area contributed by atoms with Gasteiger partial charge in [-0.05, 0) is 29.8 Å². The summed E-state index contributed by atoms with van der Waals surface area (Å²) in [6.45, 7) is 0.405. The summed E-state index contributed by atoms with van der Waals surface area (Å²) in [4.78, 5) is 12.8. The zero-order valence-corrected chi connectivity index (χ0v) is 21.3. The lowest BCUT2D eigenvalue weighted by atomic mass is 9.88. The lowest BCUT2D eigenvalue weighted by Gasteiger charge is -2.44. The van der Waals surface area contributed by atoms with Gasteiger partial charge in [-0.2, -0.15) is 13.2 Å². The number of aliphatic hydroxyl groups excluding tert-OH is 3. The Morgan fingerprint density at radius 2 is 1.73 bits per heavy atom. The van der Waals surface area contributed by atoms with Crippen LogP contribution in [0, 0.1) is 17.5 Å². The molecule has 2 aromatic carbocycles. The molecule has 6 atom stereocenters. The molecular formula is C26H25F6N3O6. The number of ether oxygens (including phenoxy) is 2. The Labute approximate surface area is 228 Å². The summed E-state index contributed by atoms with van der Waals surface area (Å²) in [6.07, 6.45) is -11.2. The smallest absolute Gasteiger partial charge is 0.394 e. The van der Waals surface area contributed by atoms with E-state index in [9.17, 15) is 46.5 Å². The number of alkyl halides is 3. The van der Waals surface area contributed by atoms with E-state index >= 15 is 0 Å². The second-order valence-electron chi connectivity index (χ2n) is 9.38. The van der Waals surface area contributed by atoms with E-state index in [1.165, 1.54) is 6.92 Å². The molecule has 1 aromatic heterocycles. The first-order valence-corrected chi connectivity index (χ1v) is 12.3. The molecule has 4 rings (SSSR count). The minimum atomic E-state index is -4.55. The van der Waals surface area contributed by atoms with Gasteiger partial charge in [0.25, 0.3) is 0 Å². The number of ketones is 1. The number of hydrogen-bond donors (Lipinski definition) is 3. The molecule has 0 amide bonds. The molecule has 3 aromatic rings. The van der Waals surface area contributed by atoms with Crippen molar-refractivity contribution in [1.29, 1.82) is 0 Å². The first kappa shape index (κ1) is 30.6. The fourth-order valence-corrected chi connectivity index (χ4v) is 4.50. The first-order chi connectivity index (χ1) is 19.3. The molecule has 1 aliphatic rings. The van der Waals surface area contributed by atoms with Crippen molar-refractivity contribution in [1.82, 2.24) is 15.0 Å². The molecule has 0 radical (unpaired) electrons. The van der Waals surface area contributed by atoms with Crippen LogP contribution in [-0.4, -0.2) is 73.2 Å².